The van der Waals surface area contributed by atoms with Gasteiger partial charge in [-0.3, -0.25) is 0 Å². The fourth-order valence-corrected chi connectivity index (χ4v) is 3.64. The van der Waals surface area contributed by atoms with E-state index in [2.05, 4.69) is 5.32 Å². The molecule has 0 spiro atoms. The van der Waals surface area contributed by atoms with Crippen molar-refractivity contribution in [2.24, 2.45) is 0 Å². The lowest BCUT2D eigenvalue weighted by molar-refractivity contribution is 0.105. The topological polar surface area (TPSA) is 66.4 Å². The zero-order valence-electron chi connectivity index (χ0n) is 9.54. The van der Waals surface area contributed by atoms with Crippen molar-refractivity contribution in [3.8, 4) is 0 Å². The summed E-state index contributed by atoms with van der Waals surface area (Å²) in [6, 6.07) is 8.02. The van der Waals surface area contributed by atoms with Gasteiger partial charge in [-0.05, 0) is 31.5 Å². The fraction of sp³-hybridized carbons (Fsp3) is 0.500. The Morgan fingerprint density at radius 2 is 2.00 bits per heavy atom. The molecule has 1 aliphatic rings. The van der Waals surface area contributed by atoms with Gasteiger partial charge in [0.25, 0.3) is 0 Å². The first-order valence-corrected chi connectivity index (χ1v) is 7.44. The third kappa shape index (κ3) is 3.06. The van der Waals surface area contributed by atoms with Crippen LogP contribution in [0.1, 0.15) is 12.8 Å². The average molecular weight is 255 g/mol. The molecule has 1 saturated heterocycles. The highest BCUT2D eigenvalue weighted by molar-refractivity contribution is 7.91. The molecule has 2 atom stereocenters. The molecule has 4 nitrogen and oxygen atoms in total. The molecule has 0 bridgehead atoms. The van der Waals surface area contributed by atoms with E-state index in [1.807, 2.05) is 0 Å². The zero-order valence-corrected chi connectivity index (χ0v) is 10.4. The quantitative estimate of drug-likeness (QED) is 0.829. The van der Waals surface area contributed by atoms with Gasteiger partial charge in [-0.15, -0.1) is 0 Å². The minimum Gasteiger partial charge on any atom is -0.391 e. The molecule has 1 aliphatic heterocycles. The van der Waals surface area contributed by atoms with E-state index >= 15 is 0 Å². The van der Waals surface area contributed by atoms with Crippen molar-refractivity contribution in [2.75, 3.05) is 12.3 Å². The van der Waals surface area contributed by atoms with Crippen molar-refractivity contribution < 1.29 is 13.5 Å². The Hall–Kier alpha value is -0.910. The molecular formula is C12H17NO3S. The molecule has 17 heavy (non-hydrogen) atoms. The molecule has 0 radical (unpaired) electrons. The van der Waals surface area contributed by atoms with Gasteiger partial charge in [0.1, 0.15) is 0 Å². The van der Waals surface area contributed by atoms with Crippen LogP contribution in [0.25, 0.3) is 0 Å². The summed E-state index contributed by atoms with van der Waals surface area (Å²) in [6.07, 6.45) is 0.993. The first-order valence-electron chi connectivity index (χ1n) is 5.79. The van der Waals surface area contributed by atoms with Crippen molar-refractivity contribution in [1.82, 2.24) is 5.32 Å². The van der Waals surface area contributed by atoms with Gasteiger partial charge in [0.15, 0.2) is 9.84 Å². The highest BCUT2D eigenvalue weighted by Crippen LogP contribution is 2.16. The third-order valence-corrected chi connectivity index (χ3v) is 4.84. The van der Waals surface area contributed by atoms with E-state index in [9.17, 15) is 13.5 Å². The maximum absolute atomic E-state index is 12.1. The maximum atomic E-state index is 12.1. The number of piperidine rings is 1. The predicted molar refractivity (Wildman–Crippen MR) is 65.5 cm³/mol. The first-order chi connectivity index (χ1) is 8.09. The van der Waals surface area contributed by atoms with Crippen molar-refractivity contribution in [2.45, 2.75) is 29.9 Å². The lowest BCUT2D eigenvalue weighted by Crippen LogP contribution is -2.48. The van der Waals surface area contributed by atoms with Crippen LogP contribution in [0.3, 0.4) is 0 Å². The molecule has 94 valence electrons. The van der Waals surface area contributed by atoms with Crippen LogP contribution in [0.2, 0.25) is 0 Å². The molecule has 5 heteroatoms. The number of benzene rings is 1. The Bertz CT molecular complexity index is 458. The second-order valence-corrected chi connectivity index (χ2v) is 6.40. The molecule has 1 aromatic rings. The second kappa shape index (κ2) is 5.16. The molecule has 1 heterocycles. The van der Waals surface area contributed by atoms with E-state index < -0.39 is 15.9 Å². The molecule has 0 amide bonds. The summed E-state index contributed by atoms with van der Waals surface area (Å²) in [6.45, 7) is 0.770. The highest BCUT2D eigenvalue weighted by atomic mass is 32.2. The van der Waals surface area contributed by atoms with Gasteiger partial charge in [-0.2, -0.15) is 0 Å². The number of aliphatic hydroxyl groups is 1. The summed E-state index contributed by atoms with van der Waals surface area (Å²) < 4.78 is 24.2. The lowest BCUT2D eigenvalue weighted by atomic mass is 10.0. The van der Waals surface area contributed by atoms with Gasteiger partial charge in [0.2, 0.25) is 0 Å². The molecule has 0 aromatic heterocycles. The van der Waals surface area contributed by atoms with E-state index in [4.69, 9.17) is 0 Å². The Morgan fingerprint density at radius 1 is 1.29 bits per heavy atom. The van der Waals surface area contributed by atoms with Crippen LogP contribution in [0.15, 0.2) is 35.2 Å². The van der Waals surface area contributed by atoms with Gasteiger partial charge >= 0.3 is 0 Å². The fourth-order valence-electron chi connectivity index (χ4n) is 2.07. The number of sulfone groups is 1. The number of nitrogens with one attached hydrogen (secondary N) is 1. The zero-order chi connectivity index (χ0) is 12.3. The van der Waals surface area contributed by atoms with Crippen LogP contribution in [-0.4, -0.2) is 38.0 Å². The Balaban J connectivity index is 2.12. The van der Waals surface area contributed by atoms with Crippen LogP contribution in [0.4, 0.5) is 0 Å². The van der Waals surface area contributed by atoms with E-state index in [1.54, 1.807) is 30.3 Å². The van der Waals surface area contributed by atoms with Gasteiger partial charge in [0.05, 0.1) is 16.8 Å². The molecular weight excluding hydrogens is 238 g/mol. The van der Waals surface area contributed by atoms with Gasteiger partial charge in [-0.25, -0.2) is 8.42 Å². The second-order valence-electron chi connectivity index (χ2n) is 4.36. The third-order valence-electron chi connectivity index (χ3n) is 3.05. The molecule has 2 rings (SSSR count). The van der Waals surface area contributed by atoms with Crippen LogP contribution in [0.5, 0.6) is 0 Å². The van der Waals surface area contributed by atoms with Gasteiger partial charge < -0.3 is 10.4 Å². The average Bonchev–Trinajstić information content (AvgIpc) is 2.33. The highest BCUT2D eigenvalue weighted by Gasteiger charge is 2.28. The smallest absolute Gasteiger partial charge is 0.180 e. The van der Waals surface area contributed by atoms with E-state index in [0.717, 1.165) is 13.0 Å². The van der Waals surface area contributed by atoms with Crippen molar-refractivity contribution in [3.63, 3.8) is 0 Å². The number of hydrogen-bond donors (Lipinski definition) is 2. The Labute approximate surface area is 102 Å². The van der Waals surface area contributed by atoms with Crippen molar-refractivity contribution in [1.29, 1.82) is 0 Å². The van der Waals surface area contributed by atoms with Crippen molar-refractivity contribution >= 4 is 9.84 Å². The standard InChI is InChI=1S/C12H17NO3S/c14-12-7-4-8-13-11(12)9-17(15,16)10-5-2-1-3-6-10/h1-3,5-6,11-14H,4,7-9H2/t11-,12+/m1/s1. The molecule has 1 fully saturated rings. The largest absolute Gasteiger partial charge is 0.391 e. The molecule has 0 unspecified atom stereocenters. The molecule has 1 aromatic carbocycles. The lowest BCUT2D eigenvalue weighted by Gasteiger charge is -2.28. The normalized spacial score (nSPS) is 25.7. The Kier molecular flexibility index (Phi) is 3.81. The summed E-state index contributed by atoms with van der Waals surface area (Å²) in [7, 11) is -3.32. The van der Waals surface area contributed by atoms with E-state index in [1.165, 1.54) is 0 Å². The molecule has 0 aliphatic carbocycles. The van der Waals surface area contributed by atoms with Gasteiger partial charge in [0, 0.05) is 6.04 Å². The Morgan fingerprint density at radius 3 is 2.65 bits per heavy atom. The monoisotopic (exact) mass is 255 g/mol. The summed E-state index contributed by atoms with van der Waals surface area (Å²) in [4.78, 5) is 0.319. The summed E-state index contributed by atoms with van der Waals surface area (Å²) in [5.74, 6) is -0.0435. The van der Waals surface area contributed by atoms with Crippen LogP contribution in [0, 0.1) is 0 Å². The summed E-state index contributed by atoms with van der Waals surface area (Å²) in [5, 5.41) is 12.8. The molecule has 0 saturated carbocycles. The van der Waals surface area contributed by atoms with E-state index in [-0.39, 0.29) is 11.8 Å². The van der Waals surface area contributed by atoms with E-state index in [0.29, 0.717) is 11.3 Å². The predicted octanol–water partition coefficient (Wildman–Crippen LogP) is 0.573. The summed E-state index contributed by atoms with van der Waals surface area (Å²) >= 11 is 0. The first kappa shape index (κ1) is 12.5. The minimum absolute atomic E-state index is 0.0435. The van der Waals surface area contributed by atoms with Crippen LogP contribution >= 0.6 is 0 Å². The molecule has 2 N–H and O–H groups in total. The SMILES string of the molecule is O=S(=O)(C[C@H]1NCCC[C@@H]1O)c1ccccc1. The number of aliphatic hydroxyl groups excluding tert-OH is 1. The van der Waals surface area contributed by atoms with Crippen LogP contribution in [-0.2, 0) is 9.84 Å². The maximum Gasteiger partial charge on any atom is 0.180 e. The number of rotatable bonds is 3. The number of hydrogen-bond acceptors (Lipinski definition) is 4. The summed E-state index contributed by atoms with van der Waals surface area (Å²) in [5.41, 5.74) is 0. The minimum atomic E-state index is -3.32. The van der Waals surface area contributed by atoms with Crippen LogP contribution < -0.4 is 5.32 Å². The van der Waals surface area contributed by atoms with Crippen molar-refractivity contribution in [3.05, 3.63) is 30.3 Å². The van der Waals surface area contributed by atoms with Gasteiger partial charge in [-0.1, -0.05) is 18.2 Å².